The summed E-state index contributed by atoms with van der Waals surface area (Å²) in [5.41, 5.74) is 1.43. The highest BCUT2D eigenvalue weighted by atomic mass is 32.2. The van der Waals surface area contributed by atoms with Crippen LogP contribution >= 0.6 is 0 Å². The summed E-state index contributed by atoms with van der Waals surface area (Å²) in [4.78, 5) is 14.1. The molecule has 1 saturated heterocycles. The van der Waals surface area contributed by atoms with E-state index in [9.17, 15) is 17.6 Å². The highest BCUT2D eigenvalue weighted by Crippen LogP contribution is 2.38. The third-order valence-corrected chi connectivity index (χ3v) is 8.23. The second kappa shape index (κ2) is 7.45. The number of carbonyl (C=O) groups is 1. The molecule has 3 heterocycles. The molecule has 2 aliphatic heterocycles. The number of amides is 1. The van der Waals surface area contributed by atoms with Gasteiger partial charge >= 0.3 is 6.09 Å². The Labute approximate surface area is 185 Å². The molecule has 1 saturated carbocycles. The summed E-state index contributed by atoms with van der Waals surface area (Å²) in [5, 5.41) is 10.1. The van der Waals surface area contributed by atoms with E-state index in [2.05, 4.69) is 20.2 Å². The van der Waals surface area contributed by atoms with Gasteiger partial charge in [-0.05, 0) is 57.2 Å². The maximum Gasteiger partial charge on any atom is 0.410 e. The van der Waals surface area contributed by atoms with Crippen molar-refractivity contribution in [3.63, 3.8) is 0 Å². The Balaban J connectivity index is 1.22. The Hall–Kier alpha value is -2.66. The first-order valence-electron chi connectivity index (χ1n) is 10.7. The highest BCUT2D eigenvalue weighted by Gasteiger charge is 2.42. The molecule has 172 valence electrons. The second-order valence-corrected chi connectivity index (χ2v) is 11.1. The zero-order valence-corrected chi connectivity index (χ0v) is 18.8. The van der Waals surface area contributed by atoms with Gasteiger partial charge in [-0.2, -0.15) is 5.10 Å². The Morgan fingerprint density at radius 1 is 1.31 bits per heavy atom. The maximum atomic E-state index is 14.5. The van der Waals surface area contributed by atoms with Crippen LogP contribution in [0.25, 0.3) is 0 Å². The summed E-state index contributed by atoms with van der Waals surface area (Å²) in [6.07, 6.45) is 2.96. The molecule has 2 fully saturated rings. The van der Waals surface area contributed by atoms with Crippen molar-refractivity contribution in [3.05, 3.63) is 35.3 Å². The lowest BCUT2D eigenvalue weighted by atomic mass is 9.90. The molecule has 3 aliphatic rings. The molecular weight excluding hydrogens is 437 g/mol. The zero-order chi connectivity index (χ0) is 22.7. The molecule has 1 aromatic carbocycles. The monoisotopic (exact) mass is 463 g/mol. The van der Waals surface area contributed by atoms with Crippen LogP contribution in [0.2, 0.25) is 0 Å². The molecule has 1 aliphatic carbocycles. The molecule has 3 N–H and O–H groups in total. The molecule has 0 radical (unpaired) electrons. The van der Waals surface area contributed by atoms with Crippen LogP contribution in [0, 0.1) is 5.82 Å². The van der Waals surface area contributed by atoms with Gasteiger partial charge < -0.3 is 15.0 Å². The Morgan fingerprint density at radius 2 is 2.12 bits per heavy atom. The van der Waals surface area contributed by atoms with Crippen LogP contribution in [-0.2, 0) is 21.3 Å². The summed E-state index contributed by atoms with van der Waals surface area (Å²) in [5.74, 6) is -0.0581. The molecule has 5 rings (SSSR count). The number of aromatic amines is 1. The van der Waals surface area contributed by atoms with Gasteiger partial charge in [0, 0.05) is 36.3 Å². The SMILES string of the molecule is CC1(C)CCN1C(=O)O[C@H]1CC[C@@H](c2cc(Nc3cc4c(cc3F)S(=O)(=O)NC4)n[nH]2)C1. The molecule has 1 amide bonds. The summed E-state index contributed by atoms with van der Waals surface area (Å²) in [6.45, 7) is 4.94. The molecule has 0 bridgehead atoms. The predicted molar refractivity (Wildman–Crippen MR) is 115 cm³/mol. The van der Waals surface area contributed by atoms with Crippen molar-refractivity contribution in [2.24, 2.45) is 0 Å². The van der Waals surface area contributed by atoms with Crippen LogP contribution in [0.4, 0.5) is 20.7 Å². The van der Waals surface area contributed by atoms with Crippen molar-refractivity contribution in [1.82, 2.24) is 19.8 Å². The predicted octanol–water partition coefficient (Wildman–Crippen LogP) is 3.34. The van der Waals surface area contributed by atoms with Crippen molar-refractivity contribution < 1.29 is 22.3 Å². The van der Waals surface area contributed by atoms with Gasteiger partial charge in [-0.3, -0.25) is 5.10 Å². The average molecular weight is 464 g/mol. The third kappa shape index (κ3) is 3.73. The minimum Gasteiger partial charge on any atom is -0.446 e. The lowest BCUT2D eigenvalue weighted by Gasteiger charge is -2.47. The minimum atomic E-state index is -3.63. The van der Waals surface area contributed by atoms with Gasteiger partial charge in [-0.1, -0.05) is 0 Å². The number of hydrogen-bond donors (Lipinski definition) is 3. The van der Waals surface area contributed by atoms with Crippen LogP contribution in [0.1, 0.15) is 56.7 Å². The number of sulfonamides is 1. The number of carbonyl (C=O) groups excluding carboxylic acids is 1. The van der Waals surface area contributed by atoms with Crippen LogP contribution in [0.5, 0.6) is 0 Å². The normalized spacial score (nSPS) is 25.3. The number of H-pyrrole nitrogens is 1. The fraction of sp³-hybridized carbons (Fsp3) is 0.524. The van der Waals surface area contributed by atoms with Gasteiger partial charge in [0.1, 0.15) is 11.9 Å². The number of likely N-dealkylation sites (tertiary alicyclic amines) is 1. The van der Waals surface area contributed by atoms with Crippen molar-refractivity contribution in [2.75, 3.05) is 11.9 Å². The first-order valence-corrected chi connectivity index (χ1v) is 12.2. The van der Waals surface area contributed by atoms with E-state index < -0.39 is 15.8 Å². The van der Waals surface area contributed by atoms with E-state index in [1.165, 1.54) is 6.07 Å². The van der Waals surface area contributed by atoms with E-state index in [1.807, 2.05) is 19.9 Å². The standard InChI is InChI=1S/C21H26FN5O4S/c1-21(2)5-6-27(21)20(28)31-14-4-3-12(7-14)16-10-19(26-25-16)24-17-8-13-11-23-32(29,30)18(13)9-15(17)22/h8-10,12,14,23H,3-7,11H2,1-2H3,(H2,24,25,26)/t12-,14+/m1/s1. The van der Waals surface area contributed by atoms with Gasteiger partial charge in [0.25, 0.3) is 0 Å². The number of nitrogens with zero attached hydrogens (tertiary/aromatic N) is 2. The topological polar surface area (TPSA) is 116 Å². The Morgan fingerprint density at radius 3 is 2.84 bits per heavy atom. The fourth-order valence-corrected chi connectivity index (χ4v) is 5.86. The summed E-state index contributed by atoms with van der Waals surface area (Å²) >= 11 is 0. The number of rotatable bonds is 4. The summed E-state index contributed by atoms with van der Waals surface area (Å²) < 4.78 is 46.3. The minimum absolute atomic E-state index is 0.0311. The second-order valence-electron chi connectivity index (χ2n) is 9.33. The largest absolute Gasteiger partial charge is 0.446 e. The smallest absolute Gasteiger partial charge is 0.410 e. The third-order valence-electron chi connectivity index (χ3n) is 6.74. The quantitative estimate of drug-likeness (QED) is 0.640. The van der Waals surface area contributed by atoms with Gasteiger partial charge in [0.05, 0.1) is 10.6 Å². The number of benzene rings is 1. The first kappa shape index (κ1) is 21.2. The van der Waals surface area contributed by atoms with Crippen molar-refractivity contribution >= 4 is 27.6 Å². The molecule has 1 aromatic heterocycles. The molecule has 2 aromatic rings. The maximum absolute atomic E-state index is 14.5. The lowest BCUT2D eigenvalue weighted by molar-refractivity contribution is -0.0101. The van der Waals surface area contributed by atoms with Crippen LogP contribution in [0.3, 0.4) is 0 Å². The van der Waals surface area contributed by atoms with Crippen molar-refractivity contribution in [1.29, 1.82) is 0 Å². The van der Waals surface area contributed by atoms with Crippen molar-refractivity contribution in [3.8, 4) is 0 Å². The fourth-order valence-electron chi connectivity index (χ4n) is 4.63. The van der Waals surface area contributed by atoms with E-state index in [-0.39, 0.29) is 40.8 Å². The number of hydrogen-bond acceptors (Lipinski definition) is 6. The Bertz CT molecular complexity index is 1180. The van der Waals surface area contributed by atoms with E-state index in [4.69, 9.17) is 4.74 Å². The molecule has 0 spiro atoms. The van der Waals surface area contributed by atoms with Crippen molar-refractivity contribution in [2.45, 2.75) is 68.5 Å². The van der Waals surface area contributed by atoms with E-state index >= 15 is 0 Å². The first-order chi connectivity index (χ1) is 15.1. The van der Waals surface area contributed by atoms with Gasteiger partial charge in [-0.25, -0.2) is 22.3 Å². The molecule has 9 nitrogen and oxygen atoms in total. The number of fused-ring (bicyclic) bond motifs is 1. The highest BCUT2D eigenvalue weighted by molar-refractivity contribution is 7.89. The van der Waals surface area contributed by atoms with Crippen LogP contribution < -0.4 is 10.0 Å². The number of anilines is 2. The lowest BCUT2D eigenvalue weighted by Crippen LogP contribution is -2.58. The van der Waals surface area contributed by atoms with E-state index in [0.29, 0.717) is 17.8 Å². The number of halogens is 1. The number of ether oxygens (including phenoxy) is 1. The molecular formula is C21H26FN5O4S. The number of nitrogens with one attached hydrogen (secondary N) is 3. The van der Waals surface area contributed by atoms with Gasteiger partial charge in [-0.15, -0.1) is 0 Å². The van der Waals surface area contributed by atoms with Crippen LogP contribution in [-0.4, -0.2) is 47.8 Å². The van der Waals surface area contributed by atoms with E-state index in [1.54, 1.807) is 4.90 Å². The molecule has 11 heteroatoms. The summed E-state index contributed by atoms with van der Waals surface area (Å²) in [6, 6.07) is 4.32. The van der Waals surface area contributed by atoms with E-state index in [0.717, 1.165) is 37.6 Å². The van der Waals surface area contributed by atoms with Gasteiger partial charge in [0.2, 0.25) is 10.0 Å². The molecule has 2 atom stereocenters. The van der Waals surface area contributed by atoms with Gasteiger partial charge in [0.15, 0.2) is 5.82 Å². The summed E-state index contributed by atoms with van der Waals surface area (Å²) in [7, 11) is -3.63. The number of aromatic nitrogens is 2. The average Bonchev–Trinajstić information content (AvgIpc) is 3.42. The van der Waals surface area contributed by atoms with Crippen LogP contribution in [0.15, 0.2) is 23.1 Å². The molecule has 0 unspecified atom stereocenters. The molecule has 32 heavy (non-hydrogen) atoms. The zero-order valence-electron chi connectivity index (χ0n) is 17.9. The Kier molecular flexibility index (Phi) is 4.93.